The average molecular weight is 354 g/mol. The van der Waals surface area contributed by atoms with E-state index in [0.717, 1.165) is 0 Å². The third kappa shape index (κ3) is 11.3. The Kier molecular flexibility index (Phi) is 17.5. The lowest BCUT2D eigenvalue weighted by atomic mass is 10.1. The lowest BCUT2D eigenvalue weighted by molar-refractivity contribution is -0.242. The minimum atomic E-state index is -0.801. The average Bonchev–Trinajstić information content (AvgIpc) is 2.58. The minimum Gasteiger partial charge on any atom is -0.396 e. The summed E-state index contributed by atoms with van der Waals surface area (Å²) in [5.74, 6) is 0. The highest BCUT2D eigenvalue weighted by Gasteiger charge is 2.31. The van der Waals surface area contributed by atoms with E-state index >= 15 is 0 Å². The van der Waals surface area contributed by atoms with Crippen molar-refractivity contribution in [3.05, 3.63) is 0 Å². The molecule has 7 heteroatoms. The fourth-order valence-corrected chi connectivity index (χ4v) is 2.04. The second-order valence-electron chi connectivity index (χ2n) is 5.47. The third-order valence-corrected chi connectivity index (χ3v) is 3.44. The van der Waals surface area contributed by atoms with E-state index in [1.165, 1.54) is 7.11 Å². The Labute approximate surface area is 146 Å². The number of hydrogen-bond donors (Lipinski definition) is 3. The van der Waals surface area contributed by atoms with Crippen molar-refractivity contribution >= 4 is 0 Å². The lowest BCUT2D eigenvalue weighted by Gasteiger charge is -2.33. The van der Waals surface area contributed by atoms with Gasteiger partial charge < -0.3 is 34.3 Å². The summed E-state index contributed by atoms with van der Waals surface area (Å²) in [5.41, 5.74) is 0. The van der Waals surface area contributed by atoms with Crippen LogP contribution in [0, 0.1) is 0 Å². The van der Waals surface area contributed by atoms with Crippen LogP contribution in [0.25, 0.3) is 0 Å². The molecule has 148 valence electrons. The van der Waals surface area contributed by atoms with E-state index in [1.807, 2.05) is 20.8 Å². The summed E-state index contributed by atoms with van der Waals surface area (Å²) >= 11 is 0. The van der Waals surface area contributed by atoms with E-state index in [9.17, 15) is 5.11 Å². The molecule has 0 aromatic heterocycles. The first-order valence-electron chi connectivity index (χ1n) is 8.65. The van der Waals surface area contributed by atoms with Crippen LogP contribution < -0.4 is 0 Å². The monoisotopic (exact) mass is 354 g/mol. The van der Waals surface area contributed by atoms with Crippen molar-refractivity contribution in [3.63, 3.8) is 0 Å². The molecule has 0 aliphatic rings. The van der Waals surface area contributed by atoms with Crippen LogP contribution in [-0.2, 0) is 18.9 Å². The number of hydrogen-bond acceptors (Lipinski definition) is 7. The molecule has 0 aliphatic heterocycles. The van der Waals surface area contributed by atoms with Gasteiger partial charge in [-0.1, -0.05) is 13.8 Å². The molecule has 0 rings (SSSR count). The standard InChI is InChI=1S/C15H32O7.C2H6/c1-10(19-4)8-14(21-11(2)9-17)22-15(12(3)18)13(20-5)6-7-16;1-2/h10-18H,6-9H2,1-5H3;1-2H3. The van der Waals surface area contributed by atoms with E-state index in [4.69, 9.17) is 29.2 Å². The summed E-state index contributed by atoms with van der Waals surface area (Å²) in [6, 6.07) is 0. The molecule has 0 spiro atoms. The molecule has 0 fully saturated rings. The molecule has 7 nitrogen and oxygen atoms in total. The van der Waals surface area contributed by atoms with Gasteiger partial charge in [0.25, 0.3) is 0 Å². The van der Waals surface area contributed by atoms with Crippen molar-refractivity contribution in [2.75, 3.05) is 27.4 Å². The molecule has 0 aromatic carbocycles. The molecular weight excluding hydrogens is 316 g/mol. The van der Waals surface area contributed by atoms with E-state index in [0.29, 0.717) is 12.8 Å². The van der Waals surface area contributed by atoms with Crippen molar-refractivity contribution < 1.29 is 34.3 Å². The maximum Gasteiger partial charge on any atom is 0.161 e. The van der Waals surface area contributed by atoms with E-state index in [-0.39, 0.29) is 19.3 Å². The number of methoxy groups -OCH3 is 2. The van der Waals surface area contributed by atoms with Crippen LogP contribution in [0.3, 0.4) is 0 Å². The number of aliphatic hydroxyl groups excluding tert-OH is 3. The molecule has 0 radical (unpaired) electrons. The van der Waals surface area contributed by atoms with Gasteiger partial charge >= 0.3 is 0 Å². The van der Waals surface area contributed by atoms with Gasteiger partial charge in [0, 0.05) is 27.2 Å². The second kappa shape index (κ2) is 16.2. The van der Waals surface area contributed by atoms with Crippen LogP contribution in [0.2, 0.25) is 0 Å². The highest BCUT2D eigenvalue weighted by Crippen LogP contribution is 2.19. The highest BCUT2D eigenvalue weighted by atomic mass is 16.7. The van der Waals surface area contributed by atoms with Crippen molar-refractivity contribution in [2.24, 2.45) is 0 Å². The zero-order chi connectivity index (χ0) is 19.1. The summed E-state index contributed by atoms with van der Waals surface area (Å²) in [5, 5.41) is 28.2. The first kappa shape index (κ1) is 26.0. The fraction of sp³-hybridized carbons (Fsp3) is 1.00. The van der Waals surface area contributed by atoms with E-state index < -0.39 is 30.7 Å². The third-order valence-electron chi connectivity index (χ3n) is 3.44. The first-order chi connectivity index (χ1) is 11.4. The van der Waals surface area contributed by atoms with Crippen LogP contribution >= 0.6 is 0 Å². The second-order valence-corrected chi connectivity index (χ2v) is 5.47. The Morgan fingerprint density at radius 3 is 1.83 bits per heavy atom. The topological polar surface area (TPSA) is 97.6 Å². The summed E-state index contributed by atoms with van der Waals surface area (Å²) in [4.78, 5) is 0. The van der Waals surface area contributed by atoms with Crippen molar-refractivity contribution in [3.8, 4) is 0 Å². The number of rotatable bonds is 13. The maximum atomic E-state index is 9.95. The SMILES string of the molecule is CC.COC(C)CC(OC(C)CO)OC(C(C)O)C(CCO)OC. The highest BCUT2D eigenvalue weighted by molar-refractivity contribution is 4.77. The first-order valence-corrected chi connectivity index (χ1v) is 8.65. The van der Waals surface area contributed by atoms with Gasteiger partial charge in [0.2, 0.25) is 0 Å². The van der Waals surface area contributed by atoms with Gasteiger partial charge in [-0.15, -0.1) is 0 Å². The van der Waals surface area contributed by atoms with Crippen molar-refractivity contribution in [2.45, 2.75) is 84.3 Å². The summed E-state index contributed by atoms with van der Waals surface area (Å²) in [7, 11) is 3.09. The molecule has 3 N–H and O–H groups in total. The van der Waals surface area contributed by atoms with Crippen molar-refractivity contribution in [1.29, 1.82) is 0 Å². The molecule has 6 unspecified atom stereocenters. The Balaban J connectivity index is 0. The van der Waals surface area contributed by atoms with Gasteiger partial charge in [0.15, 0.2) is 6.29 Å². The van der Waals surface area contributed by atoms with Gasteiger partial charge in [-0.25, -0.2) is 0 Å². The normalized spacial score (nSPS) is 18.8. The van der Waals surface area contributed by atoms with E-state index in [1.54, 1.807) is 21.0 Å². The molecule has 0 saturated heterocycles. The van der Waals surface area contributed by atoms with Crippen LogP contribution in [-0.4, -0.2) is 79.6 Å². The van der Waals surface area contributed by atoms with Crippen LogP contribution in [0.15, 0.2) is 0 Å². The molecule has 6 atom stereocenters. The van der Waals surface area contributed by atoms with Gasteiger partial charge in [0.05, 0.1) is 31.0 Å². The Hall–Kier alpha value is -0.280. The molecule has 0 bridgehead atoms. The number of aliphatic hydroxyl groups is 3. The Morgan fingerprint density at radius 1 is 0.875 bits per heavy atom. The Bertz CT molecular complexity index is 251. The van der Waals surface area contributed by atoms with Crippen LogP contribution in [0.5, 0.6) is 0 Å². The van der Waals surface area contributed by atoms with Gasteiger partial charge in [-0.3, -0.25) is 0 Å². The largest absolute Gasteiger partial charge is 0.396 e. The number of ether oxygens (including phenoxy) is 4. The fourth-order valence-electron chi connectivity index (χ4n) is 2.04. The predicted molar refractivity (Wildman–Crippen MR) is 92.9 cm³/mol. The quantitative estimate of drug-likeness (QED) is 0.429. The van der Waals surface area contributed by atoms with Gasteiger partial charge in [0.1, 0.15) is 6.10 Å². The molecular formula is C17H38O7. The predicted octanol–water partition coefficient (Wildman–Crippen LogP) is 1.32. The zero-order valence-corrected chi connectivity index (χ0v) is 16.3. The molecule has 0 aromatic rings. The van der Waals surface area contributed by atoms with Gasteiger partial charge in [-0.2, -0.15) is 0 Å². The minimum absolute atomic E-state index is 0.0713. The molecule has 0 amide bonds. The van der Waals surface area contributed by atoms with Crippen molar-refractivity contribution in [1.82, 2.24) is 0 Å². The summed E-state index contributed by atoms with van der Waals surface area (Å²) in [6.07, 6.45) is -2.30. The lowest BCUT2D eigenvalue weighted by Crippen LogP contribution is -2.44. The van der Waals surface area contributed by atoms with Crippen LogP contribution in [0.4, 0.5) is 0 Å². The maximum absolute atomic E-state index is 9.95. The van der Waals surface area contributed by atoms with Crippen LogP contribution in [0.1, 0.15) is 47.5 Å². The molecule has 0 aliphatic carbocycles. The molecule has 24 heavy (non-hydrogen) atoms. The van der Waals surface area contributed by atoms with Gasteiger partial charge in [-0.05, 0) is 27.2 Å². The molecule has 0 saturated carbocycles. The molecule has 0 heterocycles. The summed E-state index contributed by atoms with van der Waals surface area (Å²) in [6.45, 7) is 9.00. The smallest absolute Gasteiger partial charge is 0.161 e. The summed E-state index contributed by atoms with van der Waals surface area (Å²) < 4.78 is 22.0. The zero-order valence-electron chi connectivity index (χ0n) is 16.3. The van der Waals surface area contributed by atoms with E-state index in [2.05, 4.69) is 0 Å². The Morgan fingerprint density at radius 2 is 1.46 bits per heavy atom.